The Morgan fingerprint density at radius 3 is 2.31 bits per heavy atom. The highest BCUT2D eigenvalue weighted by Crippen LogP contribution is 2.35. The molecule has 2 aliphatic carbocycles. The van der Waals surface area contributed by atoms with E-state index in [4.69, 9.17) is 5.53 Å². The quantitative estimate of drug-likeness (QED) is 0.215. The number of allylic oxidation sites excluding steroid dienone is 2. The summed E-state index contributed by atoms with van der Waals surface area (Å²) in [6.45, 7) is 1.64. The van der Waals surface area contributed by atoms with E-state index < -0.39 is 16.3 Å². The van der Waals surface area contributed by atoms with Gasteiger partial charge in [0.2, 0.25) is 10.3 Å². The van der Waals surface area contributed by atoms with Crippen LogP contribution in [0.2, 0.25) is 0 Å². The van der Waals surface area contributed by atoms with Gasteiger partial charge in [0.1, 0.15) is 10.9 Å². The molecule has 0 amide bonds. The third-order valence-electron chi connectivity index (χ3n) is 5.44. The van der Waals surface area contributed by atoms with Gasteiger partial charge in [-0.05, 0) is 24.1 Å². The fourth-order valence-electron chi connectivity index (χ4n) is 4.03. The van der Waals surface area contributed by atoms with E-state index in [0.717, 1.165) is 0 Å². The van der Waals surface area contributed by atoms with E-state index in [1.807, 2.05) is 0 Å². The van der Waals surface area contributed by atoms with Crippen molar-refractivity contribution in [3.63, 3.8) is 0 Å². The molecule has 0 aromatic heterocycles. The standard InChI is InChI=1S/C22H17N5O4S/c1-12-10-11-17(22(32(30)31)19(12)25-26-23)27(24-2)16-9-5-8-15-18(16)21(29)14-7-4-3-6-13(14)20(15)28/h3-11,17,24H,1-2H3. The van der Waals surface area contributed by atoms with Crippen molar-refractivity contribution >= 4 is 32.4 Å². The molecule has 1 unspecified atom stereocenters. The smallest absolute Gasteiger partial charge is 0.220 e. The predicted molar refractivity (Wildman–Crippen MR) is 120 cm³/mol. The van der Waals surface area contributed by atoms with Crippen molar-refractivity contribution in [3.05, 3.63) is 98.6 Å². The van der Waals surface area contributed by atoms with E-state index in [1.165, 1.54) is 5.01 Å². The highest BCUT2D eigenvalue weighted by molar-refractivity contribution is 7.73. The molecular formula is C22H17N5O4S. The molecule has 4 rings (SSSR count). The molecule has 160 valence electrons. The van der Waals surface area contributed by atoms with Crippen molar-refractivity contribution in [1.82, 2.24) is 5.43 Å². The first-order valence-electron chi connectivity index (χ1n) is 9.59. The first-order chi connectivity index (χ1) is 15.4. The van der Waals surface area contributed by atoms with Crippen LogP contribution in [0.15, 0.2) is 71.0 Å². The second-order valence-electron chi connectivity index (χ2n) is 7.12. The number of rotatable bonds is 4. The number of hydrazine groups is 1. The summed E-state index contributed by atoms with van der Waals surface area (Å²) in [6, 6.07) is 10.5. The highest BCUT2D eigenvalue weighted by atomic mass is 32.2. The lowest BCUT2D eigenvalue weighted by Crippen LogP contribution is -2.49. The van der Waals surface area contributed by atoms with Crippen LogP contribution < -0.4 is 10.4 Å². The van der Waals surface area contributed by atoms with Gasteiger partial charge in [0, 0.05) is 28.6 Å². The van der Waals surface area contributed by atoms with E-state index in [-0.39, 0.29) is 38.8 Å². The van der Waals surface area contributed by atoms with E-state index >= 15 is 0 Å². The molecule has 1 N–H and O–H groups in total. The van der Waals surface area contributed by atoms with Crippen LogP contribution in [-0.2, 0) is 10.3 Å². The molecule has 0 aliphatic heterocycles. The van der Waals surface area contributed by atoms with Gasteiger partial charge in [0.05, 0.1) is 16.9 Å². The number of nitrogens with one attached hydrogen (secondary N) is 1. The normalized spacial score (nSPS) is 16.9. The third kappa shape index (κ3) is 3.23. The van der Waals surface area contributed by atoms with Crippen LogP contribution in [0.3, 0.4) is 0 Å². The van der Waals surface area contributed by atoms with Gasteiger partial charge in [-0.15, -0.1) is 0 Å². The van der Waals surface area contributed by atoms with Gasteiger partial charge in [0.25, 0.3) is 0 Å². The highest BCUT2D eigenvalue weighted by Gasteiger charge is 2.36. The second kappa shape index (κ2) is 8.27. The first-order valence-corrected chi connectivity index (χ1v) is 10.7. The Morgan fingerprint density at radius 1 is 1.03 bits per heavy atom. The van der Waals surface area contributed by atoms with Crippen molar-refractivity contribution in [2.24, 2.45) is 5.11 Å². The molecule has 0 saturated heterocycles. The van der Waals surface area contributed by atoms with Crippen molar-refractivity contribution in [3.8, 4) is 0 Å². The van der Waals surface area contributed by atoms with Gasteiger partial charge in [-0.1, -0.05) is 53.7 Å². The minimum atomic E-state index is -2.72. The minimum Gasteiger partial charge on any atom is -0.296 e. The summed E-state index contributed by atoms with van der Waals surface area (Å²) in [5, 5.41) is 5.05. The van der Waals surface area contributed by atoms with E-state index in [0.29, 0.717) is 16.8 Å². The maximum absolute atomic E-state index is 13.4. The third-order valence-corrected chi connectivity index (χ3v) is 6.23. The Balaban J connectivity index is 1.93. The zero-order valence-corrected chi connectivity index (χ0v) is 17.9. The van der Waals surface area contributed by atoms with Crippen LogP contribution >= 0.6 is 0 Å². The Hall–Kier alpha value is -3.98. The molecule has 1 atom stereocenters. The van der Waals surface area contributed by atoms with Crippen molar-refractivity contribution in [1.29, 1.82) is 0 Å². The number of benzene rings is 2. The van der Waals surface area contributed by atoms with Crippen LogP contribution in [-0.4, -0.2) is 37.9 Å². The fraction of sp³-hybridized carbons (Fsp3) is 0.136. The number of hydrogen-bond acceptors (Lipinski definition) is 7. The van der Waals surface area contributed by atoms with Crippen LogP contribution in [0, 0.1) is 0 Å². The Labute approximate surface area is 184 Å². The van der Waals surface area contributed by atoms with Crippen molar-refractivity contribution < 1.29 is 18.0 Å². The predicted octanol–water partition coefficient (Wildman–Crippen LogP) is 2.98. The topological polar surface area (TPSA) is 132 Å². The molecule has 0 bridgehead atoms. The molecule has 0 heterocycles. The van der Waals surface area contributed by atoms with E-state index in [9.17, 15) is 18.0 Å². The Bertz CT molecular complexity index is 1420. The molecule has 0 spiro atoms. The lowest BCUT2D eigenvalue weighted by Gasteiger charge is -2.35. The van der Waals surface area contributed by atoms with Gasteiger partial charge in [-0.2, -0.15) is 8.42 Å². The van der Waals surface area contributed by atoms with E-state index in [1.54, 1.807) is 68.6 Å². The Kier molecular flexibility index (Phi) is 5.50. The van der Waals surface area contributed by atoms with Gasteiger partial charge in [-0.3, -0.25) is 14.6 Å². The summed E-state index contributed by atoms with van der Waals surface area (Å²) in [5.41, 5.74) is 13.7. The SMILES string of the molecule is CNN(c1cccc2c1C(=O)c1ccccc1C2=O)C1C=CC(C)=C(N=[N+]=[N-])C1=S(=O)=O. The molecule has 0 radical (unpaired) electrons. The molecule has 2 aromatic carbocycles. The summed E-state index contributed by atoms with van der Waals surface area (Å²) in [7, 11) is -1.16. The minimum absolute atomic E-state index is 0.00821. The second-order valence-corrected chi connectivity index (χ2v) is 8.03. The fourth-order valence-corrected chi connectivity index (χ4v) is 4.77. The average Bonchev–Trinajstić information content (AvgIpc) is 2.79. The van der Waals surface area contributed by atoms with Crippen molar-refractivity contribution in [2.75, 3.05) is 12.1 Å². The molecule has 10 heteroatoms. The maximum Gasteiger partial charge on any atom is 0.220 e. The van der Waals surface area contributed by atoms with Crippen LogP contribution in [0.4, 0.5) is 5.69 Å². The summed E-state index contributed by atoms with van der Waals surface area (Å²) >= 11 is 0. The number of anilines is 1. The number of fused-ring (bicyclic) bond motifs is 2. The number of azide groups is 1. The van der Waals surface area contributed by atoms with Gasteiger partial charge < -0.3 is 0 Å². The molecule has 2 aromatic rings. The monoisotopic (exact) mass is 447 g/mol. The number of nitrogens with zero attached hydrogens (tertiary/aromatic N) is 4. The lowest BCUT2D eigenvalue weighted by atomic mass is 9.83. The molecule has 9 nitrogen and oxygen atoms in total. The number of carbonyl (C=O) groups is 2. The zero-order valence-electron chi connectivity index (χ0n) is 17.1. The summed E-state index contributed by atoms with van der Waals surface area (Å²) < 4.78 is 24.3. The van der Waals surface area contributed by atoms with Crippen LogP contribution in [0.5, 0.6) is 0 Å². The number of ketones is 2. The summed E-state index contributed by atoms with van der Waals surface area (Å²) in [6.07, 6.45) is 3.27. The maximum atomic E-state index is 13.4. The molecule has 0 saturated carbocycles. The summed E-state index contributed by atoms with van der Waals surface area (Å²) in [5.74, 6) is -0.618. The lowest BCUT2D eigenvalue weighted by molar-refractivity contribution is 0.0979. The van der Waals surface area contributed by atoms with Crippen LogP contribution in [0.25, 0.3) is 10.4 Å². The molecular weight excluding hydrogens is 430 g/mol. The molecule has 32 heavy (non-hydrogen) atoms. The van der Waals surface area contributed by atoms with Gasteiger partial charge >= 0.3 is 0 Å². The van der Waals surface area contributed by atoms with Gasteiger partial charge in [-0.25, -0.2) is 5.43 Å². The molecule has 2 aliphatic rings. The summed E-state index contributed by atoms with van der Waals surface area (Å²) in [4.78, 5) is 29.1. The van der Waals surface area contributed by atoms with E-state index in [2.05, 4.69) is 15.5 Å². The van der Waals surface area contributed by atoms with Crippen LogP contribution in [0.1, 0.15) is 38.8 Å². The van der Waals surface area contributed by atoms with Crippen molar-refractivity contribution in [2.45, 2.75) is 13.0 Å². The number of hydrogen-bond donors (Lipinski definition) is 1. The number of carbonyl (C=O) groups excluding carboxylic acids is 2. The zero-order chi connectivity index (χ0) is 23.0. The van der Waals surface area contributed by atoms with Gasteiger partial charge in [0.15, 0.2) is 11.6 Å². The first kappa shape index (κ1) is 21.3. The average molecular weight is 447 g/mol. The largest absolute Gasteiger partial charge is 0.296 e. The Morgan fingerprint density at radius 2 is 1.69 bits per heavy atom. The molecule has 0 fully saturated rings.